The van der Waals surface area contributed by atoms with Gasteiger partial charge in [-0.3, -0.25) is 0 Å². The van der Waals surface area contributed by atoms with Crippen molar-refractivity contribution in [1.29, 1.82) is 0 Å². The van der Waals surface area contributed by atoms with Gasteiger partial charge in [-0.15, -0.1) is 5.10 Å². The Hall–Kier alpha value is -0.940. The molecule has 92 valence electrons. The molecule has 1 aromatic rings. The third kappa shape index (κ3) is 3.57. The van der Waals surface area contributed by atoms with Crippen LogP contribution in [0.4, 0.5) is 0 Å². The van der Waals surface area contributed by atoms with Crippen LogP contribution in [0.3, 0.4) is 0 Å². The standard InChI is InChI=1S/C11H22N4O/c1-4-6-15-11(8-13-14-15)10(12-3)9-16-7-5-2/h8,10,12H,4-7,9H2,1-3H3. The molecule has 16 heavy (non-hydrogen) atoms. The summed E-state index contributed by atoms with van der Waals surface area (Å²) in [5.41, 5.74) is 1.10. The van der Waals surface area contributed by atoms with E-state index in [1.54, 1.807) is 0 Å². The fourth-order valence-electron chi connectivity index (χ4n) is 1.58. The third-order valence-electron chi connectivity index (χ3n) is 2.42. The average molecular weight is 226 g/mol. The fourth-order valence-corrected chi connectivity index (χ4v) is 1.58. The molecule has 0 amide bonds. The van der Waals surface area contributed by atoms with E-state index in [1.807, 2.05) is 17.9 Å². The van der Waals surface area contributed by atoms with Crippen molar-refractivity contribution in [2.75, 3.05) is 20.3 Å². The van der Waals surface area contributed by atoms with Crippen LogP contribution in [-0.2, 0) is 11.3 Å². The Kier molecular flexibility index (Phi) is 6.03. The zero-order chi connectivity index (χ0) is 11.8. The first-order chi connectivity index (χ1) is 7.83. The number of likely N-dealkylation sites (N-methyl/N-ethyl adjacent to an activating group) is 1. The normalized spacial score (nSPS) is 12.9. The molecule has 0 aliphatic heterocycles. The molecular formula is C11H22N4O. The lowest BCUT2D eigenvalue weighted by Crippen LogP contribution is -2.25. The second-order valence-corrected chi connectivity index (χ2v) is 3.80. The lowest BCUT2D eigenvalue weighted by atomic mass is 10.2. The summed E-state index contributed by atoms with van der Waals surface area (Å²) in [6.45, 7) is 6.61. The minimum absolute atomic E-state index is 0.174. The summed E-state index contributed by atoms with van der Waals surface area (Å²) in [5.74, 6) is 0. The number of aryl methyl sites for hydroxylation is 1. The molecule has 0 saturated heterocycles. The summed E-state index contributed by atoms with van der Waals surface area (Å²) >= 11 is 0. The van der Waals surface area contributed by atoms with Gasteiger partial charge in [-0.1, -0.05) is 19.1 Å². The van der Waals surface area contributed by atoms with Crippen molar-refractivity contribution in [3.63, 3.8) is 0 Å². The summed E-state index contributed by atoms with van der Waals surface area (Å²) in [5, 5.41) is 11.3. The molecule has 0 fully saturated rings. The van der Waals surface area contributed by atoms with Crippen molar-refractivity contribution < 1.29 is 4.74 Å². The summed E-state index contributed by atoms with van der Waals surface area (Å²) in [4.78, 5) is 0. The number of aromatic nitrogens is 3. The van der Waals surface area contributed by atoms with E-state index in [1.165, 1.54) is 0 Å². The number of nitrogens with one attached hydrogen (secondary N) is 1. The first kappa shape index (κ1) is 13.1. The highest BCUT2D eigenvalue weighted by atomic mass is 16.5. The van der Waals surface area contributed by atoms with Crippen LogP contribution in [0.15, 0.2) is 6.20 Å². The van der Waals surface area contributed by atoms with Crippen LogP contribution in [-0.4, -0.2) is 35.3 Å². The predicted molar refractivity (Wildman–Crippen MR) is 63.2 cm³/mol. The van der Waals surface area contributed by atoms with Gasteiger partial charge in [-0.05, 0) is 19.9 Å². The number of hydrogen-bond acceptors (Lipinski definition) is 4. The smallest absolute Gasteiger partial charge is 0.0780 e. The Morgan fingerprint density at radius 2 is 2.25 bits per heavy atom. The van der Waals surface area contributed by atoms with E-state index >= 15 is 0 Å². The minimum atomic E-state index is 0.174. The summed E-state index contributed by atoms with van der Waals surface area (Å²) in [6, 6.07) is 0.174. The van der Waals surface area contributed by atoms with Crippen LogP contribution in [0.1, 0.15) is 38.4 Å². The Balaban J connectivity index is 2.59. The number of nitrogens with zero attached hydrogens (tertiary/aromatic N) is 3. The van der Waals surface area contributed by atoms with E-state index in [0.29, 0.717) is 6.61 Å². The molecular weight excluding hydrogens is 204 g/mol. The van der Waals surface area contributed by atoms with Gasteiger partial charge in [0.15, 0.2) is 0 Å². The maximum Gasteiger partial charge on any atom is 0.0780 e. The molecule has 0 radical (unpaired) electrons. The van der Waals surface area contributed by atoms with E-state index in [4.69, 9.17) is 4.74 Å². The molecule has 0 aliphatic rings. The Morgan fingerprint density at radius 3 is 2.88 bits per heavy atom. The van der Waals surface area contributed by atoms with Gasteiger partial charge in [-0.2, -0.15) is 0 Å². The van der Waals surface area contributed by atoms with Gasteiger partial charge in [0.25, 0.3) is 0 Å². The van der Waals surface area contributed by atoms with Crippen LogP contribution >= 0.6 is 0 Å². The molecule has 0 bridgehead atoms. The van der Waals surface area contributed by atoms with E-state index in [2.05, 4.69) is 29.5 Å². The Morgan fingerprint density at radius 1 is 1.44 bits per heavy atom. The Labute approximate surface area is 97.2 Å². The molecule has 1 heterocycles. The molecule has 5 nitrogen and oxygen atoms in total. The quantitative estimate of drug-likeness (QED) is 0.680. The molecule has 0 aromatic carbocycles. The van der Waals surface area contributed by atoms with E-state index < -0.39 is 0 Å². The first-order valence-electron chi connectivity index (χ1n) is 5.96. The molecule has 1 N–H and O–H groups in total. The maximum atomic E-state index is 5.56. The van der Waals surface area contributed by atoms with Gasteiger partial charge < -0.3 is 10.1 Å². The molecule has 1 atom stereocenters. The molecule has 5 heteroatoms. The average Bonchev–Trinajstić information content (AvgIpc) is 2.73. The lowest BCUT2D eigenvalue weighted by Gasteiger charge is -2.16. The number of hydrogen-bond donors (Lipinski definition) is 1. The van der Waals surface area contributed by atoms with Crippen LogP contribution in [0.2, 0.25) is 0 Å². The fraction of sp³-hybridized carbons (Fsp3) is 0.818. The van der Waals surface area contributed by atoms with Crippen LogP contribution < -0.4 is 5.32 Å². The lowest BCUT2D eigenvalue weighted by molar-refractivity contribution is 0.111. The topological polar surface area (TPSA) is 52.0 Å². The van der Waals surface area contributed by atoms with Gasteiger partial charge in [0.05, 0.1) is 24.5 Å². The highest BCUT2D eigenvalue weighted by molar-refractivity contribution is 5.02. The first-order valence-corrected chi connectivity index (χ1v) is 5.96. The Bertz CT molecular complexity index is 287. The molecule has 1 aromatic heterocycles. The van der Waals surface area contributed by atoms with Crippen molar-refractivity contribution >= 4 is 0 Å². The van der Waals surface area contributed by atoms with Crippen molar-refractivity contribution in [3.05, 3.63) is 11.9 Å². The van der Waals surface area contributed by atoms with E-state index in [0.717, 1.165) is 31.7 Å². The van der Waals surface area contributed by atoms with E-state index in [9.17, 15) is 0 Å². The van der Waals surface area contributed by atoms with Gasteiger partial charge in [0, 0.05) is 13.2 Å². The highest BCUT2D eigenvalue weighted by Crippen LogP contribution is 2.11. The summed E-state index contributed by atoms with van der Waals surface area (Å²) in [7, 11) is 1.93. The predicted octanol–water partition coefficient (Wildman–Crippen LogP) is 1.38. The van der Waals surface area contributed by atoms with Crippen LogP contribution in [0.25, 0.3) is 0 Å². The highest BCUT2D eigenvalue weighted by Gasteiger charge is 2.14. The summed E-state index contributed by atoms with van der Waals surface area (Å²) < 4.78 is 7.50. The molecule has 0 aliphatic carbocycles. The van der Waals surface area contributed by atoms with Gasteiger partial charge in [0.2, 0.25) is 0 Å². The van der Waals surface area contributed by atoms with Crippen LogP contribution in [0.5, 0.6) is 0 Å². The third-order valence-corrected chi connectivity index (χ3v) is 2.42. The van der Waals surface area contributed by atoms with Crippen molar-refractivity contribution in [3.8, 4) is 0 Å². The number of ether oxygens (including phenoxy) is 1. The van der Waals surface area contributed by atoms with Crippen molar-refractivity contribution in [2.24, 2.45) is 0 Å². The van der Waals surface area contributed by atoms with Gasteiger partial charge >= 0.3 is 0 Å². The SMILES string of the molecule is CCCOCC(NC)c1cnnn1CCC. The summed E-state index contributed by atoms with van der Waals surface area (Å²) in [6.07, 6.45) is 3.91. The second kappa shape index (κ2) is 7.35. The zero-order valence-corrected chi connectivity index (χ0v) is 10.4. The zero-order valence-electron chi connectivity index (χ0n) is 10.4. The van der Waals surface area contributed by atoms with Gasteiger partial charge in [0.1, 0.15) is 0 Å². The second-order valence-electron chi connectivity index (χ2n) is 3.80. The van der Waals surface area contributed by atoms with Crippen molar-refractivity contribution in [1.82, 2.24) is 20.3 Å². The largest absolute Gasteiger partial charge is 0.379 e. The van der Waals surface area contributed by atoms with Gasteiger partial charge in [-0.25, -0.2) is 4.68 Å². The molecule has 1 unspecified atom stereocenters. The number of rotatable bonds is 8. The van der Waals surface area contributed by atoms with Crippen LogP contribution in [0, 0.1) is 0 Å². The molecule has 0 spiro atoms. The minimum Gasteiger partial charge on any atom is -0.379 e. The maximum absolute atomic E-state index is 5.56. The monoisotopic (exact) mass is 226 g/mol. The van der Waals surface area contributed by atoms with Crippen molar-refractivity contribution in [2.45, 2.75) is 39.3 Å². The molecule has 0 saturated carbocycles. The molecule has 1 rings (SSSR count). The van der Waals surface area contributed by atoms with E-state index in [-0.39, 0.29) is 6.04 Å².